The van der Waals surface area contributed by atoms with Crippen molar-refractivity contribution >= 4 is 11.6 Å². The second kappa shape index (κ2) is 6.60. The number of halogens is 1. The van der Waals surface area contributed by atoms with E-state index in [4.69, 9.17) is 16.3 Å². The average Bonchev–Trinajstić information content (AvgIpc) is 2.42. The zero-order chi connectivity index (χ0) is 13.7. The van der Waals surface area contributed by atoms with Crippen LogP contribution in [0.1, 0.15) is 25.5 Å². The topological polar surface area (TPSA) is 21.3 Å². The summed E-state index contributed by atoms with van der Waals surface area (Å²) in [6, 6.07) is 15.8. The van der Waals surface area contributed by atoms with Crippen LogP contribution in [-0.2, 0) is 0 Å². The quantitative estimate of drug-likeness (QED) is 0.846. The number of benzene rings is 2. The minimum atomic E-state index is 0.318. The lowest BCUT2D eigenvalue weighted by molar-refractivity contribution is 0.480. The lowest BCUT2D eigenvalue weighted by atomic mass is 10.1. The second-order valence-electron chi connectivity index (χ2n) is 4.41. The van der Waals surface area contributed by atoms with Crippen LogP contribution < -0.4 is 10.1 Å². The van der Waals surface area contributed by atoms with Gasteiger partial charge >= 0.3 is 0 Å². The summed E-state index contributed by atoms with van der Waals surface area (Å²) in [5, 5.41) is 4.10. The van der Waals surface area contributed by atoms with E-state index in [-0.39, 0.29) is 0 Å². The first kappa shape index (κ1) is 13.9. The Balaban J connectivity index is 2.12. The van der Waals surface area contributed by atoms with E-state index in [1.54, 1.807) is 0 Å². The van der Waals surface area contributed by atoms with E-state index < -0.39 is 0 Å². The fourth-order valence-corrected chi connectivity index (χ4v) is 2.04. The number of nitrogens with one attached hydrogen (secondary N) is 1. The molecule has 100 valence electrons. The Kier molecular flexibility index (Phi) is 4.83. The highest BCUT2D eigenvalue weighted by Crippen LogP contribution is 2.25. The Morgan fingerprint density at radius 2 is 1.84 bits per heavy atom. The third-order valence-electron chi connectivity index (χ3n) is 2.92. The van der Waals surface area contributed by atoms with Crippen molar-refractivity contribution in [3.63, 3.8) is 0 Å². The molecule has 2 aromatic carbocycles. The molecule has 1 unspecified atom stereocenters. The molecule has 1 N–H and O–H groups in total. The van der Waals surface area contributed by atoms with E-state index in [1.165, 1.54) is 5.56 Å². The maximum Gasteiger partial charge on any atom is 0.127 e. The van der Waals surface area contributed by atoms with Crippen LogP contribution in [0.5, 0.6) is 11.5 Å². The minimum Gasteiger partial charge on any atom is -0.457 e. The van der Waals surface area contributed by atoms with Crippen LogP contribution in [0.25, 0.3) is 0 Å². The first-order chi connectivity index (χ1) is 9.19. The van der Waals surface area contributed by atoms with Crippen molar-refractivity contribution in [3.05, 3.63) is 59.1 Å². The maximum atomic E-state index is 5.85. The average molecular weight is 276 g/mol. The Morgan fingerprint density at radius 1 is 1.11 bits per heavy atom. The van der Waals surface area contributed by atoms with Crippen molar-refractivity contribution in [3.8, 4) is 11.5 Å². The molecule has 0 aliphatic heterocycles. The molecule has 3 heteroatoms. The Labute approximate surface area is 119 Å². The molecule has 2 aromatic rings. The van der Waals surface area contributed by atoms with Crippen molar-refractivity contribution in [1.29, 1.82) is 0 Å². The van der Waals surface area contributed by atoms with Crippen LogP contribution in [0.15, 0.2) is 48.5 Å². The minimum absolute atomic E-state index is 0.318. The fraction of sp³-hybridized carbons (Fsp3) is 0.250. The molecule has 0 saturated heterocycles. The van der Waals surface area contributed by atoms with Gasteiger partial charge in [-0.2, -0.15) is 0 Å². The third-order valence-corrected chi connectivity index (χ3v) is 3.17. The van der Waals surface area contributed by atoms with E-state index in [0.29, 0.717) is 11.1 Å². The smallest absolute Gasteiger partial charge is 0.127 e. The summed E-state index contributed by atoms with van der Waals surface area (Å²) in [5.74, 6) is 1.63. The predicted octanol–water partition coefficient (Wildman–Crippen LogP) is 4.80. The first-order valence-electron chi connectivity index (χ1n) is 6.46. The van der Waals surface area contributed by atoms with Gasteiger partial charge in [0.15, 0.2) is 0 Å². The predicted molar refractivity (Wildman–Crippen MR) is 80.1 cm³/mol. The number of ether oxygens (including phenoxy) is 1. The maximum absolute atomic E-state index is 5.85. The van der Waals surface area contributed by atoms with Gasteiger partial charge in [-0.15, -0.1) is 0 Å². The number of hydrogen-bond acceptors (Lipinski definition) is 2. The molecule has 0 amide bonds. The van der Waals surface area contributed by atoms with Crippen molar-refractivity contribution in [1.82, 2.24) is 5.32 Å². The van der Waals surface area contributed by atoms with Gasteiger partial charge in [0, 0.05) is 11.1 Å². The molecule has 1 atom stereocenters. The van der Waals surface area contributed by atoms with Gasteiger partial charge in [0.2, 0.25) is 0 Å². The van der Waals surface area contributed by atoms with Crippen LogP contribution in [0.3, 0.4) is 0 Å². The largest absolute Gasteiger partial charge is 0.457 e. The van der Waals surface area contributed by atoms with Crippen molar-refractivity contribution in [2.24, 2.45) is 0 Å². The monoisotopic (exact) mass is 275 g/mol. The van der Waals surface area contributed by atoms with Crippen molar-refractivity contribution < 1.29 is 4.74 Å². The summed E-state index contributed by atoms with van der Waals surface area (Å²) in [6.07, 6.45) is 0. The molecular formula is C16H18ClNO. The van der Waals surface area contributed by atoms with E-state index in [2.05, 4.69) is 31.3 Å². The summed E-state index contributed by atoms with van der Waals surface area (Å²) in [7, 11) is 0. The first-order valence-corrected chi connectivity index (χ1v) is 6.83. The molecule has 0 aliphatic carbocycles. The van der Waals surface area contributed by atoms with Crippen LogP contribution in [0, 0.1) is 0 Å². The third kappa shape index (κ3) is 3.98. The molecule has 19 heavy (non-hydrogen) atoms. The lowest BCUT2D eigenvalue weighted by Gasteiger charge is -2.14. The van der Waals surface area contributed by atoms with E-state index >= 15 is 0 Å². The highest BCUT2D eigenvalue weighted by Gasteiger charge is 2.05. The molecule has 0 spiro atoms. The van der Waals surface area contributed by atoms with Crippen LogP contribution >= 0.6 is 11.6 Å². The van der Waals surface area contributed by atoms with E-state index in [1.807, 2.05) is 36.4 Å². The summed E-state index contributed by atoms with van der Waals surface area (Å²) >= 11 is 5.85. The summed E-state index contributed by atoms with van der Waals surface area (Å²) in [6.45, 7) is 5.19. The standard InChI is InChI=1S/C16H18ClNO/c1-3-18-12(2)13-5-4-6-16(11-13)19-15-9-7-14(17)8-10-15/h4-12,18H,3H2,1-2H3. The molecule has 0 heterocycles. The summed E-state index contributed by atoms with van der Waals surface area (Å²) < 4.78 is 5.82. The molecule has 0 bridgehead atoms. The molecule has 2 rings (SSSR count). The Hall–Kier alpha value is -1.51. The van der Waals surface area contributed by atoms with Gasteiger partial charge in [-0.1, -0.05) is 30.7 Å². The summed E-state index contributed by atoms with van der Waals surface area (Å²) in [4.78, 5) is 0. The highest BCUT2D eigenvalue weighted by molar-refractivity contribution is 6.30. The molecule has 0 fully saturated rings. The molecule has 0 aromatic heterocycles. The van der Waals surface area contributed by atoms with Crippen LogP contribution in [0.4, 0.5) is 0 Å². The van der Waals surface area contributed by atoms with Gasteiger partial charge in [0.1, 0.15) is 11.5 Å². The number of hydrogen-bond donors (Lipinski definition) is 1. The van der Waals surface area contributed by atoms with Crippen LogP contribution in [0.2, 0.25) is 5.02 Å². The van der Waals surface area contributed by atoms with Crippen molar-refractivity contribution in [2.45, 2.75) is 19.9 Å². The molecule has 2 nitrogen and oxygen atoms in total. The zero-order valence-electron chi connectivity index (χ0n) is 11.2. The Bertz CT molecular complexity index is 525. The van der Waals surface area contributed by atoms with Crippen molar-refractivity contribution in [2.75, 3.05) is 6.54 Å². The second-order valence-corrected chi connectivity index (χ2v) is 4.84. The van der Waals surface area contributed by atoms with Gasteiger partial charge in [0.25, 0.3) is 0 Å². The van der Waals surface area contributed by atoms with E-state index in [0.717, 1.165) is 18.0 Å². The highest BCUT2D eigenvalue weighted by atomic mass is 35.5. The SMILES string of the molecule is CCNC(C)c1cccc(Oc2ccc(Cl)cc2)c1. The number of rotatable bonds is 5. The Morgan fingerprint density at radius 3 is 2.53 bits per heavy atom. The van der Waals surface area contributed by atoms with Gasteiger partial charge < -0.3 is 10.1 Å². The van der Waals surface area contributed by atoms with E-state index in [9.17, 15) is 0 Å². The normalized spacial score (nSPS) is 12.2. The van der Waals surface area contributed by atoms with Crippen LogP contribution in [-0.4, -0.2) is 6.54 Å². The summed E-state index contributed by atoms with van der Waals surface area (Å²) in [5.41, 5.74) is 1.22. The van der Waals surface area contributed by atoms with Gasteiger partial charge in [0.05, 0.1) is 0 Å². The van der Waals surface area contributed by atoms with Gasteiger partial charge in [-0.25, -0.2) is 0 Å². The van der Waals surface area contributed by atoms with Gasteiger partial charge in [-0.3, -0.25) is 0 Å². The molecule has 0 radical (unpaired) electrons. The molecular weight excluding hydrogens is 258 g/mol. The zero-order valence-corrected chi connectivity index (χ0v) is 11.9. The lowest BCUT2D eigenvalue weighted by Crippen LogP contribution is -2.17. The van der Waals surface area contributed by atoms with Gasteiger partial charge in [-0.05, 0) is 55.4 Å². The fourth-order valence-electron chi connectivity index (χ4n) is 1.91. The molecule has 0 saturated carbocycles. The molecule has 0 aliphatic rings.